The summed E-state index contributed by atoms with van der Waals surface area (Å²) in [4.78, 5) is 10.1. The highest BCUT2D eigenvalue weighted by Gasteiger charge is 2.05. The quantitative estimate of drug-likeness (QED) is 0.557. The van der Waals surface area contributed by atoms with Gasteiger partial charge in [-0.05, 0) is 19.3 Å². The van der Waals surface area contributed by atoms with Crippen LogP contribution in [-0.4, -0.2) is 31.1 Å². The SMILES string of the molecule is C1CCOC1.O.O=C1CCCN1. The van der Waals surface area contributed by atoms with Gasteiger partial charge in [-0.15, -0.1) is 0 Å². The standard InChI is InChI=1S/C4H7NO.C4H8O.H2O/c6-4-2-1-3-5-4;1-2-4-5-3-1;/h1-3H2,(H,5,6);1-4H2;1H2. The Bertz CT molecular complexity index is 108. The van der Waals surface area contributed by atoms with Crippen LogP contribution in [0.1, 0.15) is 25.7 Å². The molecule has 0 radical (unpaired) electrons. The molecule has 3 N–H and O–H groups in total. The van der Waals surface area contributed by atoms with Crippen molar-refractivity contribution in [2.45, 2.75) is 25.7 Å². The van der Waals surface area contributed by atoms with Crippen molar-refractivity contribution in [3.63, 3.8) is 0 Å². The van der Waals surface area contributed by atoms with E-state index in [1.165, 1.54) is 12.8 Å². The third kappa shape index (κ3) is 5.09. The fourth-order valence-electron chi connectivity index (χ4n) is 1.08. The van der Waals surface area contributed by atoms with E-state index in [2.05, 4.69) is 5.32 Å². The molecule has 72 valence electrons. The van der Waals surface area contributed by atoms with Crippen molar-refractivity contribution >= 4 is 5.91 Å². The number of carbonyl (C=O) groups excluding carboxylic acids is 1. The highest BCUT2D eigenvalue weighted by molar-refractivity contribution is 5.77. The molecule has 0 aliphatic carbocycles. The fraction of sp³-hybridized carbons (Fsp3) is 0.875. The fourth-order valence-corrected chi connectivity index (χ4v) is 1.08. The summed E-state index contributed by atoms with van der Waals surface area (Å²) in [7, 11) is 0. The molecule has 4 heteroatoms. The summed E-state index contributed by atoms with van der Waals surface area (Å²) in [5.41, 5.74) is 0. The van der Waals surface area contributed by atoms with E-state index in [4.69, 9.17) is 4.74 Å². The maximum absolute atomic E-state index is 10.1. The minimum Gasteiger partial charge on any atom is -0.412 e. The Balaban J connectivity index is 0.000000189. The molecule has 0 bridgehead atoms. The maximum atomic E-state index is 10.1. The molecule has 1 amide bonds. The van der Waals surface area contributed by atoms with Gasteiger partial charge in [-0.2, -0.15) is 0 Å². The molecule has 0 atom stereocenters. The Labute approximate surface area is 72.6 Å². The second kappa shape index (κ2) is 7.06. The van der Waals surface area contributed by atoms with Gasteiger partial charge < -0.3 is 15.5 Å². The van der Waals surface area contributed by atoms with Crippen LogP contribution < -0.4 is 5.32 Å². The number of nitrogens with one attached hydrogen (secondary N) is 1. The highest BCUT2D eigenvalue weighted by Crippen LogP contribution is 1.98. The van der Waals surface area contributed by atoms with Gasteiger partial charge >= 0.3 is 0 Å². The summed E-state index contributed by atoms with van der Waals surface area (Å²) in [5.74, 6) is 0.204. The van der Waals surface area contributed by atoms with Crippen LogP contribution in [0, 0.1) is 0 Å². The van der Waals surface area contributed by atoms with Gasteiger partial charge in [-0.1, -0.05) is 0 Å². The van der Waals surface area contributed by atoms with Gasteiger partial charge in [0.25, 0.3) is 0 Å². The van der Waals surface area contributed by atoms with E-state index in [0.717, 1.165) is 32.6 Å². The molecule has 0 spiro atoms. The average Bonchev–Trinajstić information content (AvgIpc) is 2.57. The van der Waals surface area contributed by atoms with Gasteiger partial charge in [-0.3, -0.25) is 4.79 Å². The van der Waals surface area contributed by atoms with Crippen LogP contribution in [0.15, 0.2) is 0 Å². The van der Waals surface area contributed by atoms with Crippen molar-refractivity contribution in [2.75, 3.05) is 19.8 Å². The molecule has 2 aliphatic rings. The van der Waals surface area contributed by atoms with Gasteiger partial charge in [-0.25, -0.2) is 0 Å². The summed E-state index contributed by atoms with van der Waals surface area (Å²) in [6, 6.07) is 0. The normalized spacial score (nSPS) is 20.5. The summed E-state index contributed by atoms with van der Waals surface area (Å²) >= 11 is 0. The van der Waals surface area contributed by atoms with E-state index in [9.17, 15) is 4.79 Å². The Morgan fingerprint density at radius 1 is 1.17 bits per heavy atom. The zero-order valence-corrected chi connectivity index (χ0v) is 7.27. The molecule has 2 rings (SSSR count). The van der Waals surface area contributed by atoms with Crippen molar-refractivity contribution in [1.82, 2.24) is 5.32 Å². The number of ether oxygens (including phenoxy) is 1. The van der Waals surface area contributed by atoms with E-state index in [1.807, 2.05) is 0 Å². The van der Waals surface area contributed by atoms with Crippen molar-refractivity contribution in [3.8, 4) is 0 Å². The van der Waals surface area contributed by atoms with Crippen LogP contribution in [0.2, 0.25) is 0 Å². The second-order valence-corrected chi connectivity index (χ2v) is 2.77. The van der Waals surface area contributed by atoms with Crippen molar-refractivity contribution in [1.29, 1.82) is 0 Å². The van der Waals surface area contributed by atoms with E-state index in [1.54, 1.807) is 0 Å². The van der Waals surface area contributed by atoms with E-state index in [0.29, 0.717) is 0 Å². The average molecular weight is 175 g/mol. The molecular weight excluding hydrogens is 158 g/mol. The first kappa shape index (κ1) is 11.4. The molecule has 2 saturated heterocycles. The third-order valence-corrected chi connectivity index (χ3v) is 1.73. The molecular formula is C8H17NO3. The highest BCUT2D eigenvalue weighted by atomic mass is 16.5. The molecule has 0 unspecified atom stereocenters. The van der Waals surface area contributed by atoms with E-state index in [-0.39, 0.29) is 11.4 Å². The lowest BCUT2D eigenvalue weighted by Crippen LogP contribution is -2.12. The van der Waals surface area contributed by atoms with Crippen LogP contribution >= 0.6 is 0 Å². The Morgan fingerprint density at radius 3 is 2.00 bits per heavy atom. The number of carbonyl (C=O) groups is 1. The third-order valence-electron chi connectivity index (χ3n) is 1.73. The van der Waals surface area contributed by atoms with Crippen LogP contribution in [0.3, 0.4) is 0 Å². The summed E-state index contributed by atoms with van der Waals surface area (Å²) in [6.45, 7) is 2.89. The molecule has 2 fully saturated rings. The van der Waals surface area contributed by atoms with E-state index >= 15 is 0 Å². The van der Waals surface area contributed by atoms with Gasteiger partial charge in [0.05, 0.1) is 0 Å². The number of amides is 1. The Hall–Kier alpha value is -0.610. The summed E-state index contributed by atoms with van der Waals surface area (Å²) in [5, 5.41) is 2.68. The largest absolute Gasteiger partial charge is 0.412 e. The molecule has 0 aromatic rings. The first-order chi connectivity index (χ1) is 5.39. The zero-order chi connectivity index (χ0) is 7.94. The molecule has 0 aromatic heterocycles. The summed E-state index contributed by atoms with van der Waals surface area (Å²) < 4.78 is 4.94. The lowest BCUT2D eigenvalue weighted by atomic mass is 10.4. The molecule has 0 aromatic carbocycles. The van der Waals surface area contributed by atoms with E-state index < -0.39 is 0 Å². The van der Waals surface area contributed by atoms with Crippen LogP contribution in [0.4, 0.5) is 0 Å². The van der Waals surface area contributed by atoms with Crippen LogP contribution in [-0.2, 0) is 9.53 Å². The maximum Gasteiger partial charge on any atom is 0.220 e. The van der Waals surface area contributed by atoms with Crippen molar-refractivity contribution in [3.05, 3.63) is 0 Å². The lowest BCUT2D eigenvalue weighted by Gasteiger charge is -1.80. The number of rotatable bonds is 0. The smallest absolute Gasteiger partial charge is 0.220 e. The minimum absolute atomic E-state index is 0. The number of hydrogen-bond donors (Lipinski definition) is 1. The molecule has 12 heavy (non-hydrogen) atoms. The van der Waals surface area contributed by atoms with Crippen LogP contribution in [0.5, 0.6) is 0 Å². The minimum atomic E-state index is 0. The second-order valence-electron chi connectivity index (χ2n) is 2.77. The van der Waals surface area contributed by atoms with Gasteiger partial charge in [0.15, 0.2) is 0 Å². The van der Waals surface area contributed by atoms with Gasteiger partial charge in [0.1, 0.15) is 0 Å². The first-order valence-electron chi connectivity index (χ1n) is 4.24. The predicted octanol–water partition coefficient (Wildman–Crippen LogP) is -0.132. The molecule has 0 saturated carbocycles. The lowest BCUT2D eigenvalue weighted by molar-refractivity contribution is -0.119. The van der Waals surface area contributed by atoms with Gasteiger partial charge in [0.2, 0.25) is 5.91 Å². The predicted molar refractivity (Wildman–Crippen MR) is 45.9 cm³/mol. The first-order valence-corrected chi connectivity index (χ1v) is 4.24. The molecule has 2 aliphatic heterocycles. The Morgan fingerprint density at radius 2 is 1.83 bits per heavy atom. The van der Waals surface area contributed by atoms with Gasteiger partial charge in [0, 0.05) is 26.2 Å². The zero-order valence-electron chi connectivity index (χ0n) is 7.27. The monoisotopic (exact) mass is 175 g/mol. The topological polar surface area (TPSA) is 69.8 Å². The van der Waals surface area contributed by atoms with Crippen molar-refractivity contribution in [2.24, 2.45) is 0 Å². The molecule has 2 heterocycles. The number of hydrogen-bond acceptors (Lipinski definition) is 2. The molecule has 4 nitrogen and oxygen atoms in total. The van der Waals surface area contributed by atoms with Crippen LogP contribution in [0.25, 0.3) is 0 Å². The summed E-state index contributed by atoms with van der Waals surface area (Å²) in [6.07, 6.45) is 4.32. The van der Waals surface area contributed by atoms with Crippen molar-refractivity contribution < 1.29 is 15.0 Å². The Kier molecular flexibility index (Phi) is 6.70.